The summed E-state index contributed by atoms with van der Waals surface area (Å²) in [7, 11) is 0. The van der Waals surface area contributed by atoms with Crippen molar-refractivity contribution >= 4 is 11.9 Å². The fourth-order valence-corrected chi connectivity index (χ4v) is 2.86. The summed E-state index contributed by atoms with van der Waals surface area (Å²) in [5.41, 5.74) is 6.78. The zero-order chi connectivity index (χ0) is 17.7. The van der Waals surface area contributed by atoms with E-state index in [9.17, 15) is 4.79 Å². The Labute approximate surface area is 147 Å². The van der Waals surface area contributed by atoms with Crippen LogP contribution in [0.4, 0.5) is 0 Å². The largest absolute Gasteiger partial charge is 0.454 e. The molecule has 0 spiro atoms. The van der Waals surface area contributed by atoms with Gasteiger partial charge in [-0.15, -0.1) is 0 Å². The van der Waals surface area contributed by atoms with Crippen molar-refractivity contribution in [2.24, 2.45) is 10.7 Å². The highest BCUT2D eigenvalue weighted by atomic mass is 16.3. The minimum absolute atomic E-state index is 0.157. The molecule has 3 rings (SSSR count). The summed E-state index contributed by atoms with van der Waals surface area (Å²) in [6.45, 7) is 3.99. The summed E-state index contributed by atoms with van der Waals surface area (Å²) in [5.74, 6) is 0.930. The van der Waals surface area contributed by atoms with Crippen LogP contribution in [0.25, 0.3) is 0 Å². The Kier molecular flexibility index (Phi) is 5.07. The van der Waals surface area contributed by atoms with E-state index in [1.54, 1.807) is 12.1 Å². The van der Waals surface area contributed by atoms with E-state index in [4.69, 9.17) is 10.2 Å². The Morgan fingerprint density at radius 2 is 1.96 bits per heavy atom. The molecule has 0 unspecified atom stereocenters. The van der Waals surface area contributed by atoms with Gasteiger partial charge in [-0.3, -0.25) is 4.79 Å². The number of nitrogens with one attached hydrogen (secondary N) is 2. The van der Waals surface area contributed by atoms with E-state index < -0.39 is 5.91 Å². The molecule has 4 N–H and O–H groups in total. The number of nitrogens with two attached hydrogens (primary N) is 1. The van der Waals surface area contributed by atoms with Gasteiger partial charge in [0, 0.05) is 18.5 Å². The van der Waals surface area contributed by atoms with Crippen LogP contribution in [0.2, 0.25) is 0 Å². The smallest absolute Gasteiger partial charge is 0.284 e. The van der Waals surface area contributed by atoms with Gasteiger partial charge in [-0.05, 0) is 37.5 Å². The summed E-state index contributed by atoms with van der Waals surface area (Å²) < 4.78 is 5.36. The average molecular weight is 340 g/mol. The molecule has 1 aliphatic rings. The van der Waals surface area contributed by atoms with Crippen LogP contribution in [-0.2, 0) is 12.0 Å². The van der Waals surface area contributed by atoms with Crippen LogP contribution in [0, 0.1) is 0 Å². The summed E-state index contributed by atoms with van der Waals surface area (Å²) in [6.07, 6.45) is 2.37. The van der Waals surface area contributed by atoms with Crippen LogP contribution in [0.3, 0.4) is 0 Å². The highest BCUT2D eigenvalue weighted by molar-refractivity contribution is 5.89. The van der Waals surface area contributed by atoms with Crippen molar-refractivity contribution in [2.45, 2.75) is 31.7 Å². The van der Waals surface area contributed by atoms with Crippen LogP contribution in [0.15, 0.2) is 51.9 Å². The number of guanidine groups is 1. The van der Waals surface area contributed by atoms with Gasteiger partial charge in [-0.2, -0.15) is 0 Å². The molecule has 1 heterocycles. The minimum atomic E-state index is -0.571. The van der Waals surface area contributed by atoms with E-state index in [1.807, 2.05) is 13.0 Å². The van der Waals surface area contributed by atoms with E-state index in [0.717, 1.165) is 19.0 Å². The van der Waals surface area contributed by atoms with Crippen molar-refractivity contribution in [3.8, 4) is 0 Å². The number of amides is 1. The number of benzene rings is 1. The molecule has 0 aliphatic heterocycles. The maximum atomic E-state index is 11.1. The molecule has 1 aliphatic carbocycles. The van der Waals surface area contributed by atoms with Crippen molar-refractivity contribution in [1.29, 1.82) is 0 Å². The lowest BCUT2D eigenvalue weighted by molar-refractivity contribution is 0.0972. The zero-order valence-electron chi connectivity index (χ0n) is 14.4. The van der Waals surface area contributed by atoms with Gasteiger partial charge in [-0.1, -0.05) is 30.3 Å². The number of furan rings is 1. The lowest BCUT2D eigenvalue weighted by Gasteiger charge is -2.19. The van der Waals surface area contributed by atoms with E-state index in [-0.39, 0.29) is 11.2 Å². The monoisotopic (exact) mass is 340 g/mol. The zero-order valence-corrected chi connectivity index (χ0v) is 14.4. The number of primary amides is 1. The number of carbonyl (C=O) groups is 1. The van der Waals surface area contributed by atoms with Gasteiger partial charge in [-0.25, -0.2) is 4.99 Å². The van der Waals surface area contributed by atoms with Gasteiger partial charge in [0.25, 0.3) is 5.91 Å². The lowest BCUT2D eigenvalue weighted by Crippen LogP contribution is -2.41. The molecule has 132 valence electrons. The van der Waals surface area contributed by atoms with Gasteiger partial charge in [0.15, 0.2) is 11.7 Å². The number of carbonyl (C=O) groups excluding carboxylic acids is 1. The first kappa shape index (κ1) is 17.1. The molecule has 1 aromatic heterocycles. The van der Waals surface area contributed by atoms with Crippen molar-refractivity contribution in [2.75, 3.05) is 13.1 Å². The van der Waals surface area contributed by atoms with Crippen LogP contribution < -0.4 is 16.4 Å². The molecule has 0 radical (unpaired) electrons. The van der Waals surface area contributed by atoms with Gasteiger partial charge in [0.2, 0.25) is 0 Å². The second kappa shape index (κ2) is 7.42. The van der Waals surface area contributed by atoms with Gasteiger partial charge in [0.1, 0.15) is 12.3 Å². The SMILES string of the molecule is CCNC(=NCc1ccc(C(N)=O)o1)NCC1(c2ccccc2)CC1. The van der Waals surface area contributed by atoms with E-state index >= 15 is 0 Å². The maximum Gasteiger partial charge on any atom is 0.284 e. The Hall–Kier alpha value is -2.76. The number of aliphatic imine (C=N–C) groups is 1. The second-order valence-electron chi connectivity index (χ2n) is 6.33. The Morgan fingerprint density at radius 1 is 1.20 bits per heavy atom. The highest BCUT2D eigenvalue weighted by Gasteiger charge is 2.43. The van der Waals surface area contributed by atoms with Crippen LogP contribution in [0.5, 0.6) is 0 Å². The normalized spacial score (nSPS) is 15.6. The second-order valence-corrected chi connectivity index (χ2v) is 6.33. The van der Waals surface area contributed by atoms with E-state index in [1.165, 1.54) is 18.4 Å². The standard InChI is InChI=1S/C19H24N4O2/c1-2-21-18(22-12-15-8-9-16(25-15)17(20)24)23-13-19(10-11-19)14-6-4-3-5-7-14/h3-9H,2,10-13H2,1H3,(H2,20,24)(H2,21,22,23). The van der Waals surface area contributed by atoms with Crippen molar-refractivity contribution in [3.05, 3.63) is 59.5 Å². The maximum absolute atomic E-state index is 11.1. The molecule has 1 amide bonds. The van der Waals surface area contributed by atoms with Gasteiger partial charge in [0.05, 0.1) is 0 Å². The van der Waals surface area contributed by atoms with Crippen molar-refractivity contribution in [3.63, 3.8) is 0 Å². The summed E-state index contributed by atoms with van der Waals surface area (Å²) in [6, 6.07) is 13.9. The number of nitrogens with zero attached hydrogens (tertiary/aromatic N) is 1. The molecule has 0 saturated heterocycles. The van der Waals surface area contributed by atoms with E-state index in [0.29, 0.717) is 12.3 Å². The molecule has 1 aromatic carbocycles. The Balaban J connectivity index is 1.62. The molecule has 0 atom stereocenters. The van der Waals surface area contributed by atoms with Gasteiger partial charge >= 0.3 is 0 Å². The molecular formula is C19H24N4O2. The number of hydrogen-bond donors (Lipinski definition) is 3. The fourth-order valence-electron chi connectivity index (χ4n) is 2.86. The van der Waals surface area contributed by atoms with Gasteiger partial charge < -0.3 is 20.8 Å². The molecular weight excluding hydrogens is 316 g/mol. The lowest BCUT2D eigenvalue weighted by atomic mass is 9.96. The molecule has 6 nitrogen and oxygen atoms in total. The topological polar surface area (TPSA) is 92.6 Å². The molecule has 0 bridgehead atoms. The molecule has 2 aromatic rings. The average Bonchev–Trinajstić information content (AvgIpc) is 3.27. The molecule has 6 heteroatoms. The predicted molar refractivity (Wildman–Crippen MR) is 97.4 cm³/mol. The Morgan fingerprint density at radius 3 is 2.56 bits per heavy atom. The van der Waals surface area contributed by atoms with Crippen molar-refractivity contribution < 1.29 is 9.21 Å². The first-order valence-corrected chi connectivity index (χ1v) is 8.59. The number of rotatable bonds is 7. The molecule has 1 fully saturated rings. The first-order chi connectivity index (χ1) is 12.1. The summed E-state index contributed by atoms with van der Waals surface area (Å²) in [5, 5.41) is 6.67. The third kappa shape index (κ3) is 4.21. The highest BCUT2D eigenvalue weighted by Crippen LogP contribution is 2.47. The number of hydrogen-bond acceptors (Lipinski definition) is 3. The Bertz CT molecular complexity index is 748. The van der Waals surface area contributed by atoms with Crippen LogP contribution >= 0.6 is 0 Å². The van der Waals surface area contributed by atoms with E-state index in [2.05, 4.69) is 39.9 Å². The predicted octanol–water partition coefficient (Wildman–Crippen LogP) is 2.17. The minimum Gasteiger partial charge on any atom is -0.454 e. The first-order valence-electron chi connectivity index (χ1n) is 8.59. The molecule has 1 saturated carbocycles. The third-order valence-corrected chi connectivity index (χ3v) is 4.48. The third-order valence-electron chi connectivity index (χ3n) is 4.48. The fraction of sp³-hybridized carbons (Fsp3) is 0.368. The molecule has 25 heavy (non-hydrogen) atoms. The van der Waals surface area contributed by atoms with Crippen LogP contribution in [0.1, 0.15) is 41.6 Å². The van der Waals surface area contributed by atoms with Crippen LogP contribution in [-0.4, -0.2) is 25.0 Å². The summed E-state index contributed by atoms with van der Waals surface area (Å²) >= 11 is 0. The van der Waals surface area contributed by atoms with Crippen molar-refractivity contribution in [1.82, 2.24) is 10.6 Å². The summed E-state index contributed by atoms with van der Waals surface area (Å²) in [4.78, 5) is 15.6. The quantitative estimate of drug-likeness (QED) is 0.532.